The Balaban J connectivity index is 0.00000392. The number of ether oxygens (including phenoxy) is 2. The zero-order valence-corrected chi connectivity index (χ0v) is 20.3. The number of guanidine groups is 1. The van der Waals surface area contributed by atoms with E-state index in [2.05, 4.69) is 60.4 Å². The second-order valence-electron chi connectivity index (χ2n) is 8.04. The van der Waals surface area contributed by atoms with Crippen LogP contribution in [-0.4, -0.2) is 62.9 Å². The first-order valence-electron chi connectivity index (χ1n) is 9.90. The molecule has 2 N–H and O–H groups in total. The van der Waals surface area contributed by atoms with Crippen molar-refractivity contribution in [2.45, 2.75) is 39.8 Å². The summed E-state index contributed by atoms with van der Waals surface area (Å²) >= 11 is 0. The first-order chi connectivity index (χ1) is 12.9. The number of halogens is 1. The van der Waals surface area contributed by atoms with Crippen LogP contribution in [0.25, 0.3) is 0 Å². The van der Waals surface area contributed by atoms with E-state index in [0.717, 1.165) is 51.2 Å². The number of nitrogens with one attached hydrogen (secondary N) is 2. The van der Waals surface area contributed by atoms with Crippen molar-refractivity contribution in [1.29, 1.82) is 0 Å². The monoisotopic (exact) mass is 504 g/mol. The highest BCUT2D eigenvalue weighted by Crippen LogP contribution is 2.16. The topological polar surface area (TPSA) is 58.1 Å². The van der Waals surface area contributed by atoms with E-state index in [0.29, 0.717) is 12.5 Å². The van der Waals surface area contributed by atoms with Gasteiger partial charge in [-0.25, -0.2) is 0 Å². The van der Waals surface area contributed by atoms with Crippen molar-refractivity contribution in [2.75, 3.05) is 46.5 Å². The quantitative estimate of drug-likeness (QED) is 0.324. The van der Waals surface area contributed by atoms with E-state index in [9.17, 15) is 0 Å². The molecule has 7 heteroatoms. The van der Waals surface area contributed by atoms with Gasteiger partial charge in [0.15, 0.2) is 5.96 Å². The Morgan fingerprint density at radius 2 is 1.96 bits per heavy atom. The minimum absolute atomic E-state index is 0. The van der Waals surface area contributed by atoms with Crippen molar-refractivity contribution in [3.05, 3.63) is 29.8 Å². The van der Waals surface area contributed by atoms with Gasteiger partial charge >= 0.3 is 0 Å². The molecule has 1 fully saturated rings. The molecular weight excluding hydrogens is 467 g/mol. The highest BCUT2D eigenvalue weighted by molar-refractivity contribution is 14.0. The van der Waals surface area contributed by atoms with Crippen LogP contribution in [0.5, 0.6) is 5.75 Å². The number of morpholine rings is 1. The molecule has 0 radical (unpaired) electrons. The molecule has 0 atom stereocenters. The molecule has 1 saturated heterocycles. The molecule has 1 aliphatic heterocycles. The Morgan fingerprint density at radius 1 is 1.25 bits per heavy atom. The Morgan fingerprint density at radius 3 is 2.61 bits per heavy atom. The zero-order chi connectivity index (χ0) is 19.7. The van der Waals surface area contributed by atoms with Crippen LogP contribution < -0.4 is 15.4 Å². The Labute approximate surface area is 187 Å². The van der Waals surface area contributed by atoms with E-state index in [-0.39, 0.29) is 29.5 Å². The summed E-state index contributed by atoms with van der Waals surface area (Å²) in [5.41, 5.74) is 1.22. The third-order valence-corrected chi connectivity index (χ3v) is 4.72. The van der Waals surface area contributed by atoms with Gasteiger partial charge in [-0.2, -0.15) is 0 Å². The minimum atomic E-state index is 0. The molecule has 0 spiro atoms. The largest absolute Gasteiger partial charge is 0.493 e. The van der Waals surface area contributed by atoms with Crippen molar-refractivity contribution in [3.63, 3.8) is 0 Å². The normalized spacial score (nSPS) is 15.9. The lowest BCUT2D eigenvalue weighted by Crippen LogP contribution is -2.56. The fourth-order valence-corrected chi connectivity index (χ4v) is 3.00. The fraction of sp³-hybridized carbons (Fsp3) is 0.667. The van der Waals surface area contributed by atoms with E-state index in [1.54, 1.807) is 7.05 Å². The van der Waals surface area contributed by atoms with Crippen LogP contribution in [0.1, 0.15) is 33.3 Å². The average Bonchev–Trinajstić information content (AvgIpc) is 2.67. The van der Waals surface area contributed by atoms with Gasteiger partial charge in [-0.3, -0.25) is 9.89 Å². The van der Waals surface area contributed by atoms with E-state index in [4.69, 9.17) is 9.47 Å². The van der Waals surface area contributed by atoms with Gasteiger partial charge in [0.05, 0.1) is 19.8 Å². The predicted octanol–water partition coefficient (Wildman–Crippen LogP) is 3.12. The second kappa shape index (κ2) is 12.5. The van der Waals surface area contributed by atoms with Crippen molar-refractivity contribution in [3.8, 4) is 5.75 Å². The minimum Gasteiger partial charge on any atom is -0.493 e. The van der Waals surface area contributed by atoms with E-state index >= 15 is 0 Å². The molecule has 2 rings (SSSR count). The van der Waals surface area contributed by atoms with Crippen molar-refractivity contribution in [1.82, 2.24) is 15.5 Å². The summed E-state index contributed by atoms with van der Waals surface area (Å²) < 4.78 is 11.3. The standard InChI is InChI=1S/C21H36N4O2.HI/c1-17(2)15-27-19-8-6-7-18(13-19)14-23-20(22-5)24-16-21(3,4)25-9-11-26-12-10-25;/h6-8,13,17H,9-12,14-16H2,1-5H3,(H2,22,23,24);1H. The summed E-state index contributed by atoms with van der Waals surface area (Å²) in [6.45, 7) is 14.7. The maximum Gasteiger partial charge on any atom is 0.191 e. The van der Waals surface area contributed by atoms with Crippen molar-refractivity contribution in [2.24, 2.45) is 10.9 Å². The lowest BCUT2D eigenvalue weighted by Gasteiger charge is -2.41. The van der Waals surface area contributed by atoms with Gasteiger partial charge in [0, 0.05) is 38.8 Å². The van der Waals surface area contributed by atoms with Crippen LogP contribution in [0.4, 0.5) is 0 Å². The molecule has 0 unspecified atom stereocenters. The summed E-state index contributed by atoms with van der Waals surface area (Å²) in [5.74, 6) is 2.24. The number of rotatable bonds is 8. The van der Waals surface area contributed by atoms with Gasteiger partial charge in [0.2, 0.25) is 0 Å². The summed E-state index contributed by atoms with van der Waals surface area (Å²) in [6.07, 6.45) is 0. The van der Waals surface area contributed by atoms with Gasteiger partial charge in [-0.05, 0) is 37.5 Å². The molecule has 0 bridgehead atoms. The molecule has 28 heavy (non-hydrogen) atoms. The van der Waals surface area contributed by atoms with Crippen LogP contribution in [0.15, 0.2) is 29.3 Å². The number of benzene rings is 1. The van der Waals surface area contributed by atoms with Gasteiger partial charge in [-0.1, -0.05) is 26.0 Å². The first kappa shape index (κ1) is 25.0. The zero-order valence-electron chi connectivity index (χ0n) is 18.0. The lowest BCUT2D eigenvalue weighted by atomic mass is 10.0. The smallest absolute Gasteiger partial charge is 0.191 e. The summed E-state index contributed by atoms with van der Waals surface area (Å²) in [4.78, 5) is 6.82. The molecular formula is C21H37IN4O2. The number of hydrogen-bond donors (Lipinski definition) is 2. The Kier molecular flexibility index (Phi) is 11.1. The molecule has 0 saturated carbocycles. The lowest BCUT2D eigenvalue weighted by molar-refractivity contribution is -0.00834. The molecule has 1 aromatic carbocycles. The molecule has 0 amide bonds. The molecule has 1 heterocycles. The van der Waals surface area contributed by atoms with Crippen LogP contribution in [0.2, 0.25) is 0 Å². The van der Waals surface area contributed by atoms with Gasteiger partial charge < -0.3 is 20.1 Å². The van der Waals surface area contributed by atoms with E-state index in [1.165, 1.54) is 5.56 Å². The molecule has 160 valence electrons. The van der Waals surface area contributed by atoms with Crippen LogP contribution >= 0.6 is 24.0 Å². The SMILES string of the molecule is CN=C(NCc1cccc(OCC(C)C)c1)NCC(C)(C)N1CCOCC1.I. The molecule has 1 aliphatic rings. The number of nitrogens with zero attached hydrogens (tertiary/aromatic N) is 2. The number of aliphatic imine (C=N–C) groups is 1. The van der Waals surface area contributed by atoms with E-state index in [1.807, 2.05) is 12.1 Å². The molecule has 1 aromatic rings. The average molecular weight is 504 g/mol. The van der Waals surface area contributed by atoms with Gasteiger partial charge in [0.1, 0.15) is 5.75 Å². The van der Waals surface area contributed by atoms with E-state index < -0.39 is 0 Å². The number of hydrogen-bond acceptors (Lipinski definition) is 4. The first-order valence-corrected chi connectivity index (χ1v) is 9.90. The third kappa shape index (κ3) is 8.53. The Bertz CT molecular complexity index is 602. The summed E-state index contributed by atoms with van der Waals surface area (Å²) in [6, 6.07) is 8.22. The second-order valence-corrected chi connectivity index (χ2v) is 8.04. The van der Waals surface area contributed by atoms with Gasteiger partial charge in [0.25, 0.3) is 0 Å². The Hall–Kier alpha value is -1.06. The molecule has 6 nitrogen and oxygen atoms in total. The van der Waals surface area contributed by atoms with Crippen LogP contribution in [0, 0.1) is 5.92 Å². The fourth-order valence-electron chi connectivity index (χ4n) is 3.00. The van der Waals surface area contributed by atoms with Crippen molar-refractivity contribution >= 4 is 29.9 Å². The van der Waals surface area contributed by atoms with Gasteiger partial charge in [-0.15, -0.1) is 24.0 Å². The maximum atomic E-state index is 5.81. The highest BCUT2D eigenvalue weighted by Gasteiger charge is 2.28. The molecule has 0 aromatic heterocycles. The summed E-state index contributed by atoms with van der Waals surface area (Å²) in [7, 11) is 1.80. The maximum absolute atomic E-state index is 5.81. The van der Waals surface area contributed by atoms with Crippen LogP contribution in [0.3, 0.4) is 0 Å². The molecule has 0 aliphatic carbocycles. The third-order valence-electron chi connectivity index (χ3n) is 4.72. The highest BCUT2D eigenvalue weighted by atomic mass is 127. The van der Waals surface area contributed by atoms with Crippen molar-refractivity contribution < 1.29 is 9.47 Å². The predicted molar refractivity (Wildman–Crippen MR) is 127 cm³/mol. The summed E-state index contributed by atoms with van der Waals surface area (Å²) in [5, 5.41) is 6.85. The van der Waals surface area contributed by atoms with Crippen LogP contribution in [-0.2, 0) is 11.3 Å².